The van der Waals surface area contributed by atoms with Crippen molar-refractivity contribution in [3.63, 3.8) is 0 Å². The Morgan fingerprint density at radius 3 is 2.72 bits per heavy atom. The summed E-state index contributed by atoms with van der Waals surface area (Å²) in [5, 5.41) is 14.2. The number of hydrogen-bond acceptors (Lipinski definition) is 6. The van der Waals surface area contributed by atoms with E-state index in [1.165, 1.54) is 28.6 Å². The molecule has 1 amide bonds. The monoisotopic (exact) mass is 368 g/mol. The highest BCUT2D eigenvalue weighted by molar-refractivity contribution is 7.89. The summed E-state index contributed by atoms with van der Waals surface area (Å²) in [5.41, 5.74) is -0.428. The van der Waals surface area contributed by atoms with Crippen molar-refractivity contribution in [3.8, 4) is 0 Å². The molecule has 0 aliphatic carbocycles. The van der Waals surface area contributed by atoms with E-state index >= 15 is 0 Å². The molecule has 0 saturated carbocycles. The van der Waals surface area contributed by atoms with E-state index in [1.54, 1.807) is 4.90 Å². The third-order valence-electron chi connectivity index (χ3n) is 4.61. The first-order valence-corrected chi connectivity index (χ1v) is 9.59. The Balaban J connectivity index is 1.85. The van der Waals surface area contributed by atoms with E-state index in [0.717, 1.165) is 6.42 Å². The zero-order chi connectivity index (χ0) is 18.0. The molecule has 0 radical (unpaired) electrons. The van der Waals surface area contributed by atoms with Gasteiger partial charge in [-0.25, -0.2) is 8.42 Å². The molecular formula is C15H20N4O5S. The average molecular weight is 368 g/mol. The Bertz CT molecular complexity index is 782. The van der Waals surface area contributed by atoms with Crippen LogP contribution in [0, 0.1) is 10.1 Å². The van der Waals surface area contributed by atoms with E-state index in [9.17, 15) is 23.3 Å². The van der Waals surface area contributed by atoms with E-state index in [4.69, 9.17) is 0 Å². The van der Waals surface area contributed by atoms with Gasteiger partial charge in [0.1, 0.15) is 0 Å². The van der Waals surface area contributed by atoms with Gasteiger partial charge in [0.2, 0.25) is 15.9 Å². The minimum absolute atomic E-state index is 0.0406. The van der Waals surface area contributed by atoms with Crippen LogP contribution in [0.15, 0.2) is 29.2 Å². The molecule has 2 fully saturated rings. The summed E-state index contributed by atoms with van der Waals surface area (Å²) in [6.45, 7) is 1.95. The summed E-state index contributed by atoms with van der Waals surface area (Å²) < 4.78 is 27.1. The molecule has 0 aromatic heterocycles. The standard InChI is InChI=1S/C15H20N4O5S/c20-15-10-16-7-9-18(15)12-4-3-8-17(11-12)25(23,24)14-6-2-1-5-13(14)19(21)22/h1-2,5-6,12,16H,3-4,7-11H2. The van der Waals surface area contributed by atoms with Gasteiger partial charge in [-0.3, -0.25) is 14.9 Å². The van der Waals surface area contributed by atoms with Crippen LogP contribution in [0.4, 0.5) is 5.69 Å². The van der Waals surface area contributed by atoms with Crippen molar-refractivity contribution in [1.82, 2.24) is 14.5 Å². The summed E-state index contributed by atoms with van der Waals surface area (Å²) in [4.78, 5) is 24.0. The van der Waals surface area contributed by atoms with E-state index in [-0.39, 0.29) is 29.9 Å². The SMILES string of the molecule is O=C1CNCCN1C1CCCN(S(=O)(=O)c2ccccc2[N+](=O)[O-])C1. The van der Waals surface area contributed by atoms with Gasteiger partial charge in [-0.05, 0) is 18.9 Å². The minimum Gasteiger partial charge on any atom is -0.336 e. The van der Waals surface area contributed by atoms with Gasteiger partial charge in [0.15, 0.2) is 4.90 Å². The Morgan fingerprint density at radius 2 is 2.00 bits per heavy atom. The number of nitrogens with zero attached hydrogens (tertiary/aromatic N) is 3. The number of benzene rings is 1. The molecule has 2 heterocycles. The van der Waals surface area contributed by atoms with Gasteiger partial charge in [0, 0.05) is 38.3 Å². The van der Waals surface area contributed by atoms with Gasteiger partial charge in [-0.2, -0.15) is 4.31 Å². The normalized spacial score (nSPS) is 22.8. The molecular weight excluding hydrogens is 348 g/mol. The maximum atomic E-state index is 12.9. The molecule has 25 heavy (non-hydrogen) atoms. The highest BCUT2D eigenvalue weighted by Crippen LogP contribution is 2.29. The lowest BCUT2D eigenvalue weighted by atomic mass is 10.1. The molecule has 2 aliphatic heterocycles. The molecule has 3 rings (SSSR count). The zero-order valence-electron chi connectivity index (χ0n) is 13.6. The number of piperidine rings is 1. The number of amides is 1. The topological polar surface area (TPSA) is 113 Å². The van der Waals surface area contributed by atoms with Crippen molar-refractivity contribution in [2.75, 3.05) is 32.7 Å². The van der Waals surface area contributed by atoms with Crippen LogP contribution in [0.5, 0.6) is 0 Å². The van der Waals surface area contributed by atoms with Crippen LogP contribution in [0.25, 0.3) is 0 Å². The number of carbonyl (C=O) groups is 1. The minimum atomic E-state index is -3.99. The predicted octanol–water partition coefficient (Wildman–Crippen LogP) is 0.180. The maximum absolute atomic E-state index is 12.9. The zero-order valence-corrected chi connectivity index (χ0v) is 14.4. The van der Waals surface area contributed by atoms with E-state index in [0.29, 0.717) is 26.1 Å². The number of rotatable bonds is 4. The van der Waals surface area contributed by atoms with Gasteiger partial charge < -0.3 is 10.2 Å². The van der Waals surface area contributed by atoms with Gasteiger partial charge in [0.25, 0.3) is 5.69 Å². The number of sulfonamides is 1. The highest BCUT2D eigenvalue weighted by Gasteiger charge is 2.37. The lowest BCUT2D eigenvalue weighted by molar-refractivity contribution is -0.387. The molecule has 2 aliphatic rings. The smallest absolute Gasteiger partial charge is 0.289 e. The third-order valence-corrected chi connectivity index (χ3v) is 6.52. The van der Waals surface area contributed by atoms with E-state index < -0.39 is 20.6 Å². The lowest BCUT2D eigenvalue weighted by Gasteiger charge is -2.40. The van der Waals surface area contributed by atoms with Gasteiger partial charge in [-0.15, -0.1) is 0 Å². The summed E-state index contributed by atoms with van der Waals surface area (Å²) >= 11 is 0. The fourth-order valence-electron chi connectivity index (χ4n) is 3.37. The fraction of sp³-hybridized carbons (Fsp3) is 0.533. The van der Waals surface area contributed by atoms with Crippen LogP contribution >= 0.6 is 0 Å². The van der Waals surface area contributed by atoms with Crippen molar-refractivity contribution >= 4 is 21.6 Å². The summed E-state index contributed by atoms with van der Waals surface area (Å²) in [7, 11) is -3.99. The lowest BCUT2D eigenvalue weighted by Crippen LogP contribution is -2.57. The van der Waals surface area contributed by atoms with Crippen LogP contribution in [-0.4, -0.2) is 67.2 Å². The summed E-state index contributed by atoms with van der Waals surface area (Å²) in [5.74, 6) is -0.0406. The number of carbonyl (C=O) groups excluding carboxylic acids is 1. The molecule has 1 aromatic rings. The molecule has 9 nitrogen and oxygen atoms in total. The average Bonchev–Trinajstić information content (AvgIpc) is 2.62. The predicted molar refractivity (Wildman–Crippen MR) is 89.5 cm³/mol. The van der Waals surface area contributed by atoms with Crippen LogP contribution < -0.4 is 5.32 Å². The van der Waals surface area contributed by atoms with Crippen molar-refractivity contribution in [2.24, 2.45) is 0 Å². The molecule has 1 unspecified atom stereocenters. The van der Waals surface area contributed by atoms with Crippen molar-refractivity contribution in [2.45, 2.75) is 23.8 Å². The Morgan fingerprint density at radius 1 is 1.24 bits per heavy atom. The van der Waals surface area contributed by atoms with E-state index in [1.807, 2.05) is 0 Å². The number of hydrogen-bond donors (Lipinski definition) is 1. The molecule has 136 valence electrons. The van der Waals surface area contributed by atoms with E-state index in [2.05, 4.69) is 5.32 Å². The fourth-order valence-corrected chi connectivity index (χ4v) is 5.04. The van der Waals surface area contributed by atoms with Crippen LogP contribution in [0.2, 0.25) is 0 Å². The molecule has 10 heteroatoms. The molecule has 2 saturated heterocycles. The first-order chi connectivity index (χ1) is 11.9. The number of nitro groups is 1. The summed E-state index contributed by atoms with van der Waals surface area (Å²) in [6.07, 6.45) is 1.34. The quantitative estimate of drug-likeness (QED) is 0.599. The van der Waals surface area contributed by atoms with Crippen molar-refractivity contribution in [1.29, 1.82) is 0 Å². The van der Waals surface area contributed by atoms with Gasteiger partial charge in [-0.1, -0.05) is 12.1 Å². The maximum Gasteiger partial charge on any atom is 0.289 e. The summed E-state index contributed by atoms with van der Waals surface area (Å²) in [6, 6.07) is 5.17. The second-order valence-corrected chi connectivity index (χ2v) is 8.05. The Hall–Kier alpha value is -2.04. The number of nitro benzene ring substituents is 1. The Kier molecular flexibility index (Phi) is 5.02. The number of nitrogens with one attached hydrogen (secondary N) is 1. The van der Waals surface area contributed by atoms with Crippen LogP contribution in [0.3, 0.4) is 0 Å². The molecule has 0 spiro atoms. The third kappa shape index (κ3) is 3.51. The first-order valence-electron chi connectivity index (χ1n) is 8.15. The number of piperazine rings is 1. The van der Waals surface area contributed by atoms with Gasteiger partial charge >= 0.3 is 0 Å². The van der Waals surface area contributed by atoms with Crippen molar-refractivity contribution in [3.05, 3.63) is 34.4 Å². The largest absolute Gasteiger partial charge is 0.336 e. The van der Waals surface area contributed by atoms with Gasteiger partial charge in [0.05, 0.1) is 11.5 Å². The van der Waals surface area contributed by atoms with Crippen LogP contribution in [-0.2, 0) is 14.8 Å². The highest BCUT2D eigenvalue weighted by atomic mass is 32.2. The van der Waals surface area contributed by atoms with Crippen LogP contribution in [0.1, 0.15) is 12.8 Å². The molecule has 1 N–H and O–H groups in total. The second-order valence-electron chi connectivity index (χ2n) is 6.15. The number of para-hydroxylation sites is 1. The first kappa shape index (κ1) is 17.8. The molecule has 1 atom stereocenters. The molecule has 0 bridgehead atoms. The molecule has 1 aromatic carbocycles. The Labute approximate surface area is 145 Å². The van der Waals surface area contributed by atoms with Crippen molar-refractivity contribution < 1.29 is 18.1 Å². The second kappa shape index (κ2) is 7.06.